The summed E-state index contributed by atoms with van der Waals surface area (Å²) in [7, 11) is 0. The van der Waals surface area contributed by atoms with Gasteiger partial charge in [0.15, 0.2) is 0 Å². The fraction of sp³-hybridized carbons (Fsp3) is 0.333. The molecular weight excluding hydrogens is 311 g/mol. The average molecular weight is 327 g/mol. The van der Waals surface area contributed by atoms with Crippen molar-refractivity contribution in [1.82, 2.24) is 9.88 Å². The minimum atomic E-state index is -0.272. The van der Waals surface area contributed by atoms with Crippen molar-refractivity contribution >= 4 is 29.1 Å². The number of halogens is 2. The van der Waals surface area contributed by atoms with Crippen LogP contribution >= 0.6 is 23.2 Å². The van der Waals surface area contributed by atoms with Gasteiger partial charge in [0.1, 0.15) is 22.4 Å². The molecule has 21 heavy (non-hydrogen) atoms. The maximum Gasteiger partial charge on any atom is 0.274 e. The van der Waals surface area contributed by atoms with Crippen molar-refractivity contribution in [1.29, 1.82) is 0 Å². The zero-order valence-corrected chi connectivity index (χ0v) is 13.6. The first-order valence-electron chi connectivity index (χ1n) is 6.57. The monoisotopic (exact) mass is 326 g/mol. The summed E-state index contributed by atoms with van der Waals surface area (Å²) < 4.78 is 5.53. The van der Waals surface area contributed by atoms with Crippen LogP contribution in [0.1, 0.15) is 35.9 Å². The van der Waals surface area contributed by atoms with Crippen molar-refractivity contribution in [2.24, 2.45) is 0 Å². The predicted octanol–water partition coefficient (Wildman–Crippen LogP) is 4.34. The van der Waals surface area contributed by atoms with Gasteiger partial charge in [-0.1, -0.05) is 23.2 Å². The third kappa shape index (κ3) is 3.77. The normalized spacial score (nSPS) is 11.0. The number of aromatic nitrogens is 1. The lowest BCUT2D eigenvalue weighted by molar-refractivity contribution is 0.0669. The second kappa shape index (κ2) is 6.50. The third-order valence-electron chi connectivity index (χ3n) is 3.02. The summed E-state index contributed by atoms with van der Waals surface area (Å²) in [4.78, 5) is 18.3. The number of furan rings is 1. The number of aryl methyl sites for hydroxylation is 1. The molecule has 0 unspecified atom stereocenters. The lowest BCUT2D eigenvalue weighted by Gasteiger charge is -2.25. The third-order valence-corrected chi connectivity index (χ3v) is 3.54. The van der Waals surface area contributed by atoms with Crippen LogP contribution in [0.15, 0.2) is 28.7 Å². The summed E-state index contributed by atoms with van der Waals surface area (Å²) in [6, 6.07) is 6.81. The Morgan fingerprint density at radius 2 is 2.00 bits per heavy atom. The maximum atomic E-state index is 12.6. The van der Waals surface area contributed by atoms with E-state index in [-0.39, 0.29) is 27.8 Å². The van der Waals surface area contributed by atoms with E-state index in [0.717, 1.165) is 5.76 Å². The van der Waals surface area contributed by atoms with Gasteiger partial charge in [-0.15, -0.1) is 0 Å². The van der Waals surface area contributed by atoms with Crippen LogP contribution in [0.25, 0.3) is 0 Å². The molecule has 1 amide bonds. The smallest absolute Gasteiger partial charge is 0.274 e. The number of nitrogens with zero attached hydrogens (tertiary/aromatic N) is 2. The molecule has 2 aromatic rings. The van der Waals surface area contributed by atoms with Crippen LogP contribution < -0.4 is 0 Å². The van der Waals surface area contributed by atoms with Gasteiger partial charge in [0.25, 0.3) is 5.91 Å². The largest absolute Gasteiger partial charge is 0.464 e. The SMILES string of the molecule is Cc1ccc(CN(C(=O)c2nc(Cl)ccc2Cl)C(C)C)o1. The zero-order valence-electron chi connectivity index (χ0n) is 12.1. The number of pyridine rings is 1. The molecule has 0 aliphatic rings. The van der Waals surface area contributed by atoms with Gasteiger partial charge in [0.05, 0.1) is 11.6 Å². The molecule has 0 atom stereocenters. The van der Waals surface area contributed by atoms with Crippen molar-refractivity contribution in [2.75, 3.05) is 0 Å². The Hall–Kier alpha value is -1.52. The first-order valence-corrected chi connectivity index (χ1v) is 7.32. The number of amides is 1. The summed E-state index contributed by atoms with van der Waals surface area (Å²) in [6.45, 7) is 6.06. The van der Waals surface area contributed by atoms with E-state index in [9.17, 15) is 4.79 Å². The van der Waals surface area contributed by atoms with Gasteiger partial charge in [-0.3, -0.25) is 4.79 Å². The van der Waals surface area contributed by atoms with Crippen LogP contribution in [-0.4, -0.2) is 21.8 Å². The zero-order chi connectivity index (χ0) is 15.6. The first-order chi connectivity index (χ1) is 9.88. The fourth-order valence-corrected chi connectivity index (χ4v) is 2.26. The summed E-state index contributed by atoms with van der Waals surface area (Å²) in [5.74, 6) is 1.25. The summed E-state index contributed by atoms with van der Waals surface area (Å²) >= 11 is 11.9. The Morgan fingerprint density at radius 1 is 1.29 bits per heavy atom. The molecule has 6 heteroatoms. The molecule has 0 aromatic carbocycles. The molecule has 0 saturated heterocycles. The molecule has 0 aliphatic heterocycles. The van der Waals surface area contributed by atoms with Crippen LogP contribution in [0, 0.1) is 6.92 Å². The molecular formula is C15H16Cl2N2O2. The van der Waals surface area contributed by atoms with Gasteiger partial charge in [-0.25, -0.2) is 4.98 Å². The van der Waals surface area contributed by atoms with Crippen LogP contribution in [0.4, 0.5) is 0 Å². The van der Waals surface area contributed by atoms with Gasteiger partial charge >= 0.3 is 0 Å². The standard InChI is InChI=1S/C15H16Cl2N2O2/c1-9(2)19(8-11-5-4-10(3)21-11)15(20)14-12(16)6-7-13(17)18-14/h4-7,9H,8H2,1-3H3. The molecule has 0 radical (unpaired) electrons. The molecule has 2 aromatic heterocycles. The highest BCUT2D eigenvalue weighted by molar-refractivity contribution is 6.34. The van der Waals surface area contributed by atoms with Gasteiger partial charge in [0.2, 0.25) is 0 Å². The number of hydrogen-bond donors (Lipinski definition) is 0. The highest BCUT2D eigenvalue weighted by atomic mass is 35.5. The van der Waals surface area contributed by atoms with E-state index in [4.69, 9.17) is 27.6 Å². The molecule has 2 heterocycles. The number of carbonyl (C=O) groups is 1. The molecule has 2 rings (SSSR count). The minimum absolute atomic E-state index is 0.0280. The second-order valence-corrected chi connectivity index (χ2v) is 5.80. The first kappa shape index (κ1) is 15.9. The predicted molar refractivity (Wildman–Crippen MR) is 82.7 cm³/mol. The Balaban J connectivity index is 2.29. The summed E-state index contributed by atoms with van der Waals surface area (Å²) in [5, 5.41) is 0.519. The Labute approximate surface area is 133 Å². The van der Waals surface area contributed by atoms with Crippen LogP contribution in [0.3, 0.4) is 0 Å². The Kier molecular flexibility index (Phi) is 4.91. The Bertz CT molecular complexity index is 653. The van der Waals surface area contributed by atoms with Crippen LogP contribution in [-0.2, 0) is 6.54 Å². The van der Waals surface area contributed by atoms with Crippen LogP contribution in [0.5, 0.6) is 0 Å². The van der Waals surface area contributed by atoms with E-state index in [1.165, 1.54) is 0 Å². The van der Waals surface area contributed by atoms with E-state index in [2.05, 4.69) is 4.98 Å². The second-order valence-electron chi connectivity index (χ2n) is 5.00. The lowest BCUT2D eigenvalue weighted by Crippen LogP contribution is -2.37. The summed E-state index contributed by atoms with van der Waals surface area (Å²) in [5.41, 5.74) is 0.154. The number of carbonyl (C=O) groups excluding carboxylic acids is 1. The van der Waals surface area contributed by atoms with E-state index < -0.39 is 0 Å². The quantitative estimate of drug-likeness (QED) is 0.785. The van der Waals surface area contributed by atoms with Crippen LogP contribution in [0.2, 0.25) is 10.2 Å². The fourth-order valence-electron chi connectivity index (χ4n) is 1.93. The number of rotatable bonds is 4. The van der Waals surface area contributed by atoms with Crippen molar-refractivity contribution in [3.63, 3.8) is 0 Å². The molecule has 0 bridgehead atoms. The van der Waals surface area contributed by atoms with Crippen molar-refractivity contribution in [3.8, 4) is 0 Å². The van der Waals surface area contributed by atoms with E-state index in [0.29, 0.717) is 12.3 Å². The minimum Gasteiger partial charge on any atom is -0.464 e. The topological polar surface area (TPSA) is 46.3 Å². The average Bonchev–Trinajstić information content (AvgIpc) is 2.83. The van der Waals surface area contributed by atoms with Gasteiger partial charge < -0.3 is 9.32 Å². The lowest BCUT2D eigenvalue weighted by atomic mass is 10.2. The van der Waals surface area contributed by atoms with E-state index in [1.807, 2.05) is 32.9 Å². The van der Waals surface area contributed by atoms with E-state index >= 15 is 0 Å². The van der Waals surface area contributed by atoms with Gasteiger partial charge in [-0.05, 0) is 45.0 Å². The van der Waals surface area contributed by atoms with Crippen molar-refractivity contribution in [3.05, 3.63) is 51.7 Å². The molecule has 0 fully saturated rings. The Morgan fingerprint density at radius 3 is 2.57 bits per heavy atom. The number of hydrogen-bond acceptors (Lipinski definition) is 3. The molecule has 0 aliphatic carbocycles. The van der Waals surface area contributed by atoms with Crippen molar-refractivity contribution in [2.45, 2.75) is 33.4 Å². The summed E-state index contributed by atoms with van der Waals surface area (Å²) in [6.07, 6.45) is 0. The molecule has 112 valence electrons. The molecule has 0 N–H and O–H groups in total. The highest BCUT2D eigenvalue weighted by Gasteiger charge is 2.24. The van der Waals surface area contributed by atoms with E-state index in [1.54, 1.807) is 17.0 Å². The maximum absolute atomic E-state index is 12.6. The van der Waals surface area contributed by atoms with Gasteiger partial charge in [-0.2, -0.15) is 0 Å². The van der Waals surface area contributed by atoms with Gasteiger partial charge in [0, 0.05) is 6.04 Å². The highest BCUT2D eigenvalue weighted by Crippen LogP contribution is 2.21. The molecule has 0 spiro atoms. The van der Waals surface area contributed by atoms with Crippen molar-refractivity contribution < 1.29 is 9.21 Å². The molecule has 4 nitrogen and oxygen atoms in total. The molecule has 0 saturated carbocycles.